The second-order valence-corrected chi connectivity index (χ2v) is 7.80. The normalized spacial score (nSPS) is 16.9. The molecular formula is C17H24N2O6S. The van der Waals surface area contributed by atoms with Crippen LogP contribution >= 0.6 is 0 Å². The number of carbonyl (C=O) groups is 2. The molecule has 1 amide bonds. The van der Waals surface area contributed by atoms with E-state index in [-0.39, 0.29) is 25.6 Å². The number of sulfonamides is 1. The van der Waals surface area contributed by atoms with Crippen molar-refractivity contribution in [2.45, 2.75) is 25.9 Å². The lowest BCUT2D eigenvalue weighted by Crippen LogP contribution is -2.41. The number of hydrogen-bond acceptors (Lipinski definition) is 6. The van der Waals surface area contributed by atoms with E-state index < -0.39 is 22.1 Å². The SMILES string of the molecule is CCOC(=O)c1ccc(N(CCNC(=O)C2CCCO2)S(C)(=O)=O)cc1. The van der Waals surface area contributed by atoms with Crippen molar-refractivity contribution < 1.29 is 27.5 Å². The number of rotatable bonds is 8. The molecule has 0 bridgehead atoms. The zero-order valence-corrected chi connectivity index (χ0v) is 15.8. The number of nitrogens with zero attached hydrogens (tertiary/aromatic N) is 1. The highest BCUT2D eigenvalue weighted by Gasteiger charge is 2.24. The third kappa shape index (κ3) is 5.43. The Morgan fingerprint density at radius 1 is 1.31 bits per heavy atom. The molecule has 8 nitrogen and oxygen atoms in total. The number of esters is 1. The largest absolute Gasteiger partial charge is 0.462 e. The Balaban J connectivity index is 2.00. The molecule has 1 N–H and O–H groups in total. The maximum absolute atomic E-state index is 12.1. The van der Waals surface area contributed by atoms with Crippen molar-refractivity contribution in [2.75, 3.05) is 36.9 Å². The Kier molecular flexibility index (Phi) is 6.98. The summed E-state index contributed by atoms with van der Waals surface area (Å²) in [5, 5.41) is 2.70. The van der Waals surface area contributed by atoms with Crippen molar-refractivity contribution in [1.29, 1.82) is 0 Å². The predicted octanol–water partition coefficient (Wildman–Crippen LogP) is 0.924. The molecular weight excluding hydrogens is 360 g/mol. The van der Waals surface area contributed by atoms with E-state index in [1.807, 2.05) is 0 Å². The van der Waals surface area contributed by atoms with Crippen LogP contribution in [0.1, 0.15) is 30.1 Å². The van der Waals surface area contributed by atoms with Gasteiger partial charge in [0.2, 0.25) is 15.9 Å². The Morgan fingerprint density at radius 2 is 2.00 bits per heavy atom. The summed E-state index contributed by atoms with van der Waals surface area (Å²) in [6.07, 6.45) is 2.16. The topological polar surface area (TPSA) is 102 Å². The molecule has 1 aromatic rings. The smallest absolute Gasteiger partial charge is 0.338 e. The van der Waals surface area contributed by atoms with Gasteiger partial charge in [-0.15, -0.1) is 0 Å². The van der Waals surface area contributed by atoms with Gasteiger partial charge in [-0.3, -0.25) is 9.10 Å². The zero-order valence-electron chi connectivity index (χ0n) is 14.9. The summed E-state index contributed by atoms with van der Waals surface area (Å²) < 4.78 is 35.5. The highest BCUT2D eigenvalue weighted by molar-refractivity contribution is 7.92. The van der Waals surface area contributed by atoms with Gasteiger partial charge in [0.15, 0.2) is 0 Å². The van der Waals surface area contributed by atoms with E-state index in [1.165, 1.54) is 28.6 Å². The molecule has 1 fully saturated rings. The Labute approximate surface area is 153 Å². The Bertz CT molecular complexity index is 726. The van der Waals surface area contributed by atoms with Crippen LogP contribution in [0.15, 0.2) is 24.3 Å². The summed E-state index contributed by atoms with van der Waals surface area (Å²) in [5.41, 5.74) is 0.752. The molecule has 1 atom stereocenters. The van der Waals surface area contributed by atoms with E-state index >= 15 is 0 Å². The number of ether oxygens (including phenoxy) is 2. The molecule has 26 heavy (non-hydrogen) atoms. The maximum Gasteiger partial charge on any atom is 0.338 e. The monoisotopic (exact) mass is 384 g/mol. The third-order valence-corrected chi connectivity index (χ3v) is 5.10. The van der Waals surface area contributed by atoms with Crippen molar-refractivity contribution in [3.8, 4) is 0 Å². The molecule has 1 saturated heterocycles. The molecule has 1 aromatic carbocycles. The Hall–Kier alpha value is -2.13. The average Bonchev–Trinajstić information content (AvgIpc) is 3.12. The van der Waals surface area contributed by atoms with Gasteiger partial charge in [0.25, 0.3) is 0 Å². The highest BCUT2D eigenvalue weighted by Crippen LogP contribution is 2.18. The van der Waals surface area contributed by atoms with Crippen LogP contribution in [-0.2, 0) is 24.3 Å². The van der Waals surface area contributed by atoms with E-state index in [0.29, 0.717) is 24.3 Å². The van der Waals surface area contributed by atoms with Gasteiger partial charge in [-0.05, 0) is 44.0 Å². The summed E-state index contributed by atoms with van der Waals surface area (Å²) >= 11 is 0. The van der Waals surface area contributed by atoms with Crippen molar-refractivity contribution in [3.63, 3.8) is 0 Å². The lowest BCUT2D eigenvalue weighted by atomic mass is 10.2. The number of nitrogens with one attached hydrogen (secondary N) is 1. The van der Waals surface area contributed by atoms with Crippen molar-refractivity contribution >= 4 is 27.6 Å². The van der Waals surface area contributed by atoms with Crippen molar-refractivity contribution in [1.82, 2.24) is 5.32 Å². The van der Waals surface area contributed by atoms with Crippen LogP contribution < -0.4 is 9.62 Å². The molecule has 2 rings (SSSR count). The first-order valence-electron chi connectivity index (χ1n) is 8.47. The minimum absolute atomic E-state index is 0.0794. The minimum atomic E-state index is -3.54. The van der Waals surface area contributed by atoms with Crippen molar-refractivity contribution in [2.24, 2.45) is 0 Å². The second-order valence-electron chi connectivity index (χ2n) is 5.90. The van der Waals surface area contributed by atoms with Gasteiger partial charge in [0.1, 0.15) is 6.10 Å². The highest BCUT2D eigenvalue weighted by atomic mass is 32.2. The van der Waals surface area contributed by atoms with Gasteiger partial charge in [0.05, 0.1) is 30.7 Å². The third-order valence-electron chi connectivity index (χ3n) is 3.90. The molecule has 1 aliphatic heterocycles. The van der Waals surface area contributed by atoms with Gasteiger partial charge < -0.3 is 14.8 Å². The fraction of sp³-hybridized carbons (Fsp3) is 0.529. The maximum atomic E-state index is 12.1. The molecule has 0 spiro atoms. The number of carbonyl (C=O) groups excluding carboxylic acids is 2. The predicted molar refractivity (Wildman–Crippen MR) is 96.6 cm³/mol. The van der Waals surface area contributed by atoms with Gasteiger partial charge in [0, 0.05) is 13.2 Å². The molecule has 0 aromatic heterocycles. The minimum Gasteiger partial charge on any atom is -0.462 e. The number of amides is 1. The fourth-order valence-corrected chi connectivity index (χ4v) is 3.57. The molecule has 0 saturated carbocycles. The van der Waals surface area contributed by atoms with Gasteiger partial charge >= 0.3 is 5.97 Å². The van der Waals surface area contributed by atoms with Crippen LogP contribution in [0.4, 0.5) is 5.69 Å². The lowest BCUT2D eigenvalue weighted by molar-refractivity contribution is -0.129. The average molecular weight is 384 g/mol. The standard InChI is InChI=1S/C17H24N2O6S/c1-3-24-17(21)13-6-8-14(9-7-13)19(26(2,22)23)11-10-18-16(20)15-5-4-12-25-15/h6-9,15H,3-5,10-12H2,1-2H3,(H,18,20). The van der Waals surface area contributed by atoms with Crippen LogP contribution in [-0.4, -0.2) is 59.0 Å². The number of benzene rings is 1. The van der Waals surface area contributed by atoms with E-state index in [0.717, 1.165) is 12.7 Å². The second kappa shape index (κ2) is 9.00. The molecule has 9 heteroatoms. The Morgan fingerprint density at radius 3 is 2.54 bits per heavy atom. The summed E-state index contributed by atoms with van der Waals surface area (Å²) in [7, 11) is -3.54. The first-order valence-corrected chi connectivity index (χ1v) is 10.3. The molecule has 1 aliphatic rings. The van der Waals surface area contributed by atoms with Crippen molar-refractivity contribution in [3.05, 3.63) is 29.8 Å². The number of anilines is 1. The first-order chi connectivity index (χ1) is 12.3. The van der Waals surface area contributed by atoms with Gasteiger partial charge in [-0.1, -0.05) is 0 Å². The molecule has 1 unspecified atom stereocenters. The van der Waals surface area contributed by atoms with E-state index in [9.17, 15) is 18.0 Å². The van der Waals surface area contributed by atoms with E-state index in [2.05, 4.69) is 5.32 Å². The van der Waals surface area contributed by atoms with Crippen LogP contribution in [0, 0.1) is 0 Å². The van der Waals surface area contributed by atoms with Crippen LogP contribution in [0.25, 0.3) is 0 Å². The zero-order chi connectivity index (χ0) is 19.2. The summed E-state index contributed by atoms with van der Waals surface area (Å²) in [5.74, 6) is -0.692. The fourth-order valence-electron chi connectivity index (χ4n) is 2.64. The first kappa shape index (κ1) is 20.2. The summed E-state index contributed by atoms with van der Waals surface area (Å²) in [6.45, 7) is 2.78. The molecule has 0 aliphatic carbocycles. The van der Waals surface area contributed by atoms with E-state index in [4.69, 9.17) is 9.47 Å². The molecule has 144 valence electrons. The van der Waals surface area contributed by atoms with Crippen LogP contribution in [0.3, 0.4) is 0 Å². The van der Waals surface area contributed by atoms with E-state index in [1.54, 1.807) is 6.92 Å². The summed E-state index contributed by atoms with van der Waals surface area (Å²) in [6, 6.07) is 6.09. The molecule has 0 radical (unpaired) electrons. The molecule has 1 heterocycles. The quantitative estimate of drug-likeness (QED) is 0.669. The lowest BCUT2D eigenvalue weighted by Gasteiger charge is -2.23. The van der Waals surface area contributed by atoms with Gasteiger partial charge in [-0.25, -0.2) is 13.2 Å². The van der Waals surface area contributed by atoms with Crippen LogP contribution in [0.2, 0.25) is 0 Å². The summed E-state index contributed by atoms with van der Waals surface area (Å²) in [4.78, 5) is 23.6. The van der Waals surface area contributed by atoms with Gasteiger partial charge in [-0.2, -0.15) is 0 Å². The number of hydrogen-bond donors (Lipinski definition) is 1. The van der Waals surface area contributed by atoms with Crippen LogP contribution in [0.5, 0.6) is 0 Å².